The number of amides is 1. The lowest BCUT2D eigenvalue weighted by Crippen LogP contribution is -2.51. The van der Waals surface area contributed by atoms with Gasteiger partial charge in [-0.2, -0.15) is 0 Å². The van der Waals surface area contributed by atoms with Crippen LogP contribution in [0.3, 0.4) is 0 Å². The van der Waals surface area contributed by atoms with Crippen LogP contribution in [0.25, 0.3) is 0 Å². The van der Waals surface area contributed by atoms with Crippen molar-refractivity contribution in [2.75, 3.05) is 26.3 Å². The van der Waals surface area contributed by atoms with Crippen LogP contribution in [-0.4, -0.2) is 49.2 Å². The molecule has 1 saturated heterocycles. The SMILES string of the molecule is CC(NC(C)C1CC1)C(=O)N1CCOCC1. The highest BCUT2D eigenvalue weighted by Gasteiger charge is 2.31. The Morgan fingerprint density at radius 3 is 2.50 bits per heavy atom. The third-order valence-electron chi connectivity index (χ3n) is 3.54. The molecule has 2 rings (SSSR count). The Hall–Kier alpha value is -0.610. The van der Waals surface area contributed by atoms with Gasteiger partial charge in [0.15, 0.2) is 0 Å². The van der Waals surface area contributed by atoms with Crippen LogP contribution >= 0.6 is 0 Å². The first kappa shape index (κ1) is 11.9. The molecule has 16 heavy (non-hydrogen) atoms. The van der Waals surface area contributed by atoms with E-state index in [2.05, 4.69) is 12.2 Å². The lowest BCUT2D eigenvalue weighted by molar-refractivity contribution is -0.137. The normalized spacial score (nSPS) is 25.2. The van der Waals surface area contributed by atoms with Gasteiger partial charge >= 0.3 is 0 Å². The zero-order valence-electron chi connectivity index (χ0n) is 10.2. The molecule has 1 saturated carbocycles. The molecular formula is C12H22N2O2. The van der Waals surface area contributed by atoms with Crippen molar-refractivity contribution < 1.29 is 9.53 Å². The van der Waals surface area contributed by atoms with Gasteiger partial charge in [0, 0.05) is 19.1 Å². The maximum absolute atomic E-state index is 12.1. The smallest absolute Gasteiger partial charge is 0.239 e. The van der Waals surface area contributed by atoms with Crippen molar-refractivity contribution in [3.63, 3.8) is 0 Å². The predicted octanol–water partition coefficient (Wildman–Crippen LogP) is 0.622. The van der Waals surface area contributed by atoms with Crippen molar-refractivity contribution in [3.05, 3.63) is 0 Å². The number of hydrogen-bond acceptors (Lipinski definition) is 3. The van der Waals surface area contributed by atoms with Crippen LogP contribution in [0.2, 0.25) is 0 Å². The van der Waals surface area contributed by atoms with E-state index in [-0.39, 0.29) is 11.9 Å². The molecule has 1 heterocycles. The van der Waals surface area contributed by atoms with Gasteiger partial charge in [-0.25, -0.2) is 0 Å². The third kappa shape index (κ3) is 2.95. The fraction of sp³-hybridized carbons (Fsp3) is 0.917. The van der Waals surface area contributed by atoms with Crippen LogP contribution in [0, 0.1) is 5.92 Å². The van der Waals surface area contributed by atoms with E-state index < -0.39 is 0 Å². The summed E-state index contributed by atoms with van der Waals surface area (Å²) in [4.78, 5) is 14.0. The minimum absolute atomic E-state index is 0.0614. The molecule has 0 radical (unpaired) electrons. The predicted molar refractivity (Wildman–Crippen MR) is 62.2 cm³/mol. The molecular weight excluding hydrogens is 204 g/mol. The maximum Gasteiger partial charge on any atom is 0.239 e. The Kier molecular flexibility index (Phi) is 3.82. The van der Waals surface area contributed by atoms with Gasteiger partial charge in [0.2, 0.25) is 5.91 Å². The Balaban J connectivity index is 1.78. The molecule has 1 aliphatic heterocycles. The molecule has 1 N–H and O–H groups in total. The van der Waals surface area contributed by atoms with E-state index in [9.17, 15) is 4.79 Å². The molecule has 4 nitrogen and oxygen atoms in total. The summed E-state index contributed by atoms with van der Waals surface area (Å²) < 4.78 is 5.24. The Labute approximate surface area is 97.3 Å². The fourth-order valence-electron chi connectivity index (χ4n) is 2.26. The molecule has 92 valence electrons. The van der Waals surface area contributed by atoms with Crippen LogP contribution in [0.5, 0.6) is 0 Å². The summed E-state index contributed by atoms with van der Waals surface area (Å²) in [6.45, 7) is 6.98. The van der Waals surface area contributed by atoms with Crippen LogP contribution in [0.15, 0.2) is 0 Å². The van der Waals surface area contributed by atoms with Crippen LogP contribution in [0.4, 0.5) is 0 Å². The summed E-state index contributed by atoms with van der Waals surface area (Å²) in [7, 11) is 0. The van der Waals surface area contributed by atoms with E-state index in [4.69, 9.17) is 4.74 Å². The second-order valence-corrected chi connectivity index (χ2v) is 4.95. The quantitative estimate of drug-likeness (QED) is 0.764. The second-order valence-electron chi connectivity index (χ2n) is 4.95. The number of carbonyl (C=O) groups is 1. The number of hydrogen-bond donors (Lipinski definition) is 1. The highest BCUT2D eigenvalue weighted by Crippen LogP contribution is 2.32. The topological polar surface area (TPSA) is 41.6 Å². The molecule has 0 spiro atoms. The number of morpholine rings is 1. The van der Waals surface area contributed by atoms with Crippen molar-refractivity contribution in [2.24, 2.45) is 5.92 Å². The summed E-state index contributed by atoms with van der Waals surface area (Å²) in [6.07, 6.45) is 2.62. The van der Waals surface area contributed by atoms with Gasteiger partial charge < -0.3 is 15.0 Å². The first-order chi connectivity index (χ1) is 7.68. The number of ether oxygens (including phenoxy) is 1. The molecule has 0 aromatic heterocycles. The Morgan fingerprint density at radius 1 is 1.31 bits per heavy atom. The Bertz CT molecular complexity index is 247. The first-order valence-electron chi connectivity index (χ1n) is 6.31. The van der Waals surface area contributed by atoms with Crippen LogP contribution in [0.1, 0.15) is 26.7 Å². The van der Waals surface area contributed by atoms with Gasteiger partial charge in [0.25, 0.3) is 0 Å². The maximum atomic E-state index is 12.1. The number of nitrogens with one attached hydrogen (secondary N) is 1. The zero-order chi connectivity index (χ0) is 11.5. The lowest BCUT2D eigenvalue weighted by Gasteiger charge is -2.30. The van der Waals surface area contributed by atoms with Crippen LogP contribution < -0.4 is 5.32 Å². The van der Waals surface area contributed by atoms with E-state index in [0.29, 0.717) is 19.3 Å². The molecule has 2 fully saturated rings. The largest absolute Gasteiger partial charge is 0.378 e. The van der Waals surface area contributed by atoms with E-state index >= 15 is 0 Å². The fourth-order valence-corrected chi connectivity index (χ4v) is 2.26. The highest BCUT2D eigenvalue weighted by atomic mass is 16.5. The van der Waals surface area contributed by atoms with E-state index in [1.807, 2.05) is 11.8 Å². The number of rotatable bonds is 4. The lowest BCUT2D eigenvalue weighted by atomic mass is 10.1. The summed E-state index contributed by atoms with van der Waals surface area (Å²) in [5, 5.41) is 3.41. The van der Waals surface area contributed by atoms with Gasteiger partial charge in [-0.05, 0) is 32.6 Å². The summed E-state index contributed by atoms with van der Waals surface area (Å²) in [6, 6.07) is 0.411. The van der Waals surface area contributed by atoms with Gasteiger partial charge in [0.1, 0.15) is 0 Å². The molecule has 0 aromatic carbocycles. The van der Waals surface area contributed by atoms with E-state index in [0.717, 1.165) is 19.0 Å². The first-order valence-corrected chi connectivity index (χ1v) is 6.31. The van der Waals surface area contributed by atoms with Crippen LogP contribution in [-0.2, 0) is 9.53 Å². The average molecular weight is 226 g/mol. The molecule has 2 atom stereocenters. The highest BCUT2D eigenvalue weighted by molar-refractivity contribution is 5.81. The van der Waals surface area contributed by atoms with Crippen molar-refractivity contribution in [3.8, 4) is 0 Å². The monoisotopic (exact) mass is 226 g/mol. The van der Waals surface area contributed by atoms with Gasteiger partial charge in [-0.3, -0.25) is 4.79 Å². The van der Waals surface area contributed by atoms with Gasteiger partial charge in [-0.1, -0.05) is 0 Å². The van der Waals surface area contributed by atoms with Gasteiger partial charge in [-0.15, -0.1) is 0 Å². The number of carbonyl (C=O) groups excluding carboxylic acids is 1. The average Bonchev–Trinajstić information content (AvgIpc) is 3.13. The minimum Gasteiger partial charge on any atom is -0.378 e. The third-order valence-corrected chi connectivity index (χ3v) is 3.54. The Morgan fingerprint density at radius 2 is 1.94 bits per heavy atom. The minimum atomic E-state index is -0.0614. The molecule has 2 aliphatic rings. The number of nitrogens with zero attached hydrogens (tertiary/aromatic N) is 1. The van der Waals surface area contributed by atoms with Crippen molar-refractivity contribution in [1.29, 1.82) is 0 Å². The van der Waals surface area contributed by atoms with Crippen molar-refractivity contribution in [2.45, 2.75) is 38.8 Å². The molecule has 4 heteroatoms. The molecule has 1 amide bonds. The summed E-state index contributed by atoms with van der Waals surface area (Å²) in [5.74, 6) is 1.01. The van der Waals surface area contributed by atoms with E-state index in [1.54, 1.807) is 0 Å². The van der Waals surface area contributed by atoms with E-state index in [1.165, 1.54) is 12.8 Å². The molecule has 2 unspecified atom stereocenters. The molecule has 1 aliphatic carbocycles. The zero-order valence-corrected chi connectivity index (χ0v) is 10.2. The molecule has 0 aromatic rings. The standard InChI is InChI=1S/C12H22N2O2/c1-9(11-3-4-11)13-10(2)12(15)14-5-7-16-8-6-14/h9-11,13H,3-8H2,1-2H3. The second kappa shape index (κ2) is 5.15. The van der Waals surface area contributed by atoms with Crippen molar-refractivity contribution in [1.82, 2.24) is 10.2 Å². The summed E-state index contributed by atoms with van der Waals surface area (Å²) >= 11 is 0. The van der Waals surface area contributed by atoms with Crippen molar-refractivity contribution >= 4 is 5.91 Å². The summed E-state index contributed by atoms with van der Waals surface area (Å²) in [5.41, 5.74) is 0. The molecule has 0 bridgehead atoms. The van der Waals surface area contributed by atoms with Gasteiger partial charge in [0.05, 0.1) is 19.3 Å².